The molecule has 11 heteroatoms. The minimum absolute atomic E-state index is 0.0719. The zero-order valence-corrected chi connectivity index (χ0v) is 10.5. The summed E-state index contributed by atoms with van der Waals surface area (Å²) in [4.78, 5) is 51.2. The third-order valence-corrected chi connectivity index (χ3v) is 5.03. The van der Waals surface area contributed by atoms with Crippen LogP contribution in [0.25, 0.3) is 0 Å². The molecule has 90 valence electrons. The van der Waals surface area contributed by atoms with Gasteiger partial charge < -0.3 is 9.79 Å². The van der Waals surface area contributed by atoms with E-state index in [-0.39, 0.29) is 5.13 Å². The van der Waals surface area contributed by atoms with Gasteiger partial charge in [-0.05, 0) is 6.92 Å². The first-order valence-corrected chi connectivity index (χ1v) is 7.89. The Kier molecular flexibility index (Phi) is 3.94. The number of nitrogens with zero attached hydrogens (tertiary/aromatic N) is 2. The van der Waals surface area contributed by atoms with Gasteiger partial charge in [0.05, 0.1) is 5.69 Å². The maximum Gasteiger partial charge on any atom is 0.469 e. The second-order valence-corrected chi connectivity index (χ2v) is 7.06. The number of aliphatic imine (C=N–C) groups is 1. The van der Waals surface area contributed by atoms with Gasteiger partial charge in [-0.2, -0.15) is 19.7 Å². The average molecular weight is 287 g/mol. The molecule has 0 saturated carbocycles. The summed E-state index contributed by atoms with van der Waals surface area (Å²) in [6.45, 7) is 1.63. The summed E-state index contributed by atoms with van der Waals surface area (Å²) in [5.74, 6) is 0. The molecular formula is C5H9N2O6P2S+. The third-order valence-electron chi connectivity index (χ3n) is 1.33. The van der Waals surface area contributed by atoms with Crippen molar-refractivity contribution in [2.45, 2.75) is 6.92 Å². The summed E-state index contributed by atoms with van der Waals surface area (Å²) in [7, 11) is -9.89. The smallest absolute Gasteiger partial charge is 0.317 e. The second kappa shape index (κ2) is 4.56. The van der Waals surface area contributed by atoms with Crippen molar-refractivity contribution in [3.8, 4) is 0 Å². The van der Waals surface area contributed by atoms with E-state index in [1.165, 1.54) is 0 Å². The summed E-state index contributed by atoms with van der Waals surface area (Å²) >= 11 is 0.953. The Bertz CT molecular complexity index is 460. The van der Waals surface area contributed by atoms with E-state index < -0.39 is 20.7 Å². The lowest BCUT2D eigenvalue weighted by molar-refractivity contribution is 0.349. The molecule has 1 aromatic heterocycles. The van der Waals surface area contributed by atoms with Crippen LogP contribution in [0.4, 0.5) is 5.13 Å². The van der Waals surface area contributed by atoms with Crippen molar-refractivity contribution in [3.63, 3.8) is 0 Å². The van der Waals surface area contributed by atoms with Crippen LogP contribution in [0.2, 0.25) is 0 Å². The van der Waals surface area contributed by atoms with E-state index in [1.807, 2.05) is 0 Å². The minimum atomic E-state index is -5.04. The number of aromatic nitrogens is 1. The SMILES string of the molecule is Cc1csc(N=C(P(=O)(O)O)[P+](O)(O)O)n1. The van der Waals surface area contributed by atoms with Crippen LogP contribution in [0.5, 0.6) is 0 Å². The lowest BCUT2D eigenvalue weighted by Gasteiger charge is -2.06. The zero-order chi connectivity index (χ0) is 12.6. The molecule has 8 nitrogen and oxygen atoms in total. The van der Waals surface area contributed by atoms with Crippen LogP contribution in [0.1, 0.15) is 5.69 Å². The van der Waals surface area contributed by atoms with Crippen LogP contribution >= 0.6 is 26.9 Å². The Morgan fingerprint density at radius 1 is 1.50 bits per heavy atom. The van der Waals surface area contributed by atoms with Gasteiger partial charge in [0.2, 0.25) is 5.13 Å². The number of aryl methyl sites for hydroxylation is 1. The lowest BCUT2D eigenvalue weighted by atomic mass is 10.6. The van der Waals surface area contributed by atoms with Crippen LogP contribution in [-0.4, -0.2) is 34.6 Å². The first-order chi connectivity index (χ1) is 7.10. The van der Waals surface area contributed by atoms with Gasteiger partial charge in [-0.25, -0.2) is 9.55 Å². The number of thiazole rings is 1. The Labute approximate surface area is 94.7 Å². The van der Waals surface area contributed by atoms with Crippen molar-refractivity contribution in [2.75, 3.05) is 0 Å². The highest BCUT2D eigenvalue weighted by Crippen LogP contribution is 2.61. The normalized spacial score (nSPS) is 14.2. The van der Waals surface area contributed by atoms with E-state index >= 15 is 0 Å². The van der Waals surface area contributed by atoms with Crippen molar-refractivity contribution < 1.29 is 29.0 Å². The van der Waals surface area contributed by atoms with Crippen LogP contribution < -0.4 is 0 Å². The van der Waals surface area contributed by atoms with Crippen molar-refractivity contribution in [1.82, 2.24) is 4.98 Å². The molecule has 16 heavy (non-hydrogen) atoms. The molecule has 0 aliphatic carbocycles. The molecule has 0 bridgehead atoms. The summed E-state index contributed by atoms with van der Waals surface area (Å²) in [5.41, 5.74) is 0.562. The van der Waals surface area contributed by atoms with Gasteiger partial charge in [0, 0.05) is 5.38 Å². The fraction of sp³-hybridized carbons (Fsp3) is 0.200. The van der Waals surface area contributed by atoms with Crippen molar-refractivity contribution in [3.05, 3.63) is 11.1 Å². The molecule has 0 radical (unpaired) electrons. The zero-order valence-electron chi connectivity index (χ0n) is 7.92. The van der Waals surface area contributed by atoms with Gasteiger partial charge in [0.25, 0.3) is 0 Å². The molecule has 0 saturated heterocycles. The highest BCUT2D eigenvalue weighted by Gasteiger charge is 2.52. The first-order valence-electron chi connectivity index (χ1n) is 3.75. The van der Waals surface area contributed by atoms with E-state index in [2.05, 4.69) is 9.98 Å². The molecule has 0 aliphatic heterocycles. The van der Waals surface area contributed by atoms with Crippen molar-refractivity contribution >= 4 is 37.2 Å². The van der Waals surface area contributed by atoms with E-state index in [4.69, 9.17) is 24.5 Å². The van der Waals surface area contributed by atoms with Crippen molar-refractivity contribution in [2.24, 2.45) is 4.99 Å². The van der Waals surface area contributed by atoms with E-state index in [9.17, 15) is 4.57 Å². The standard InChI is InChI=1S/C5H8N2O6P2S/c1-3-2-16-4(6-3)7-5(14(8,9)10)15(11,12)13/h2,8-10H,1H3,(H-,11,12,13)/p+1. The Morgan fingerprint density at radius 3 is 2.38 bits per heavy atom. The fourth-order valence-electron chi connectivity index (χ4n) is 0.785. The first kappa shape index (κ1) is 13.8. The predicted octanol–water partition coefficient (Wildman–Crippen LogP) is 0.356. The summed E-state index contributed by atoms with van der Waals surface area (Å²) in [5, 5.41) is 0.134. The average Bonchev–Trinajstić information content (AvgIpc) is 2.43. The topological polar surface area (TPSA) is 143 Å². The Balaban J connectivity index is 3.23. The van der Waals surface area contributed by atoms with E-state index in [0.717, 1.165) is 11.3 Å². The van der Waals surface area contributed by atoms with Crippen LogP contribution in [-0.2, 0) is 4.57 Å². The van der Waals surface area contributed by atoms with Crippen LogP contribution in [0.3, 0.4) is 0 Å². The maximum atomic E-state index is 10.9. The summed E-state index contributed by atoms with van der Waals surface area (Å²) < 4.78 is 10.9. The van der Waals surface area contributed by atoms with E-state index in [1.54, 1.807) is 12.3 Å². The molecule has 0 spiro atoms. The molecule has 5 N–H and O–H groups in total. The number of hydrogen-bond donors (Lipinski definition) is 5. The quantitative estimate of drug-likeness (QED) is 0.398. The third kappa shape index (κ3) is 3.65. The highest BCUT2D eigenvalue weighted by atomic mass is 32.1. The van der Waals surface area contributed by atoms with Gasteiger partial charge in [0.1, 0.15) is 0 Å². The van der Waals surface area contributed by atoms with Gasteiger partial charge in [0.15, 0.2) is 0 Å². The molecule has 1 aromatic rings. The monoisotopic (exact) mass is 287 g/mol. The molecule has 0 unspecified atom stereocenters. The maximum absolute atomic E-state index is 10.9. The summed E-state index contributed by atoms with van der Waals surface area (Å²) in [6, 6.07) is 0. The number of rotatable bonds is 3. The van der Waals surface area contributed by atoms with Crippen molar-refractivity contribution in [1.29, 1.82) is 0 Å². The molecule has 0 aliphatic rings. The predicted molar refractivity (Wildman–Crippen MR) is 59.6 cm³/mol. The van der Waals surface area contributed by atoms with Gasteiger partial charge >= 0.3 is 20.7 Å². The van der Waals surface area contributed by atoms with Gasteiger partial charge in [-0.3, -0.25) is 0 Å². The Morgan fingerprint density at radius 2 is 2.06 bits per heavy atom. The fourth-order valence-corrected chi connectivity index (χ4v) is 3.44. The lowest BCUT2D eigenvalue weighted by Crippen LogP contribution is -2.05. The number of hydrogen-bond acceptors (Lipinski definition) is 7. The highest BCUT2D eigenvalue weighted by molar-refractivity contribution is 8.00. The van der Waals surface area contributed by atoms with Crippen LogP contribution in [0.15, 0.2) is 10.4 Å². The van der Waals surface area contributed by atoms with Crippen LogP contribution in [0, 0.1) is 6.92 Å². The molecule has 0 atom stereocenters. The minimum Gasteiger partial charge on any atom is -0.317 e. The molecule has 1 heterocycles. The molecular weight excluding hydrogens is 278 g/mol. The molecule has 0 amide bonds. The second-order valence-electron chi connectivity index (χ2n) is 2.80. The summed E-state index contributed by atoms with van der Waals surface area (Å²) in [6.07, 6.45) is 0. The largest absolute Gasteiger partial charge is 0.469 e. The molecule has 0 aromatic carbocycles. The van der Waals surface area contributed by atoms with Gasteiger partial charge in [-0.15, -0.1) is 11.3 Å². The van der Waals surface area contributed by atoms with Gasteiger partial charge in [-0.1, -0.05) is 0 Å². The molecule has 0 fully saturated rings. The van der Waals surface area contributed by atoms with E-state index in [0.29, 0.717) is 5.69 Å². The Hall–Kier alpha value is -0.240. The molecule has 1 rings (SSSR count).